The van der Waals surface area contributed by atoms with Gasteiger partial charge in [0.25, 0.3) is 0 Å². The topological polar surface area (TPSA) is 237 Å². The first-order chi connectivity index (χ1) is 44.3. The van der Waals surface area contributed by atoms with Gasteiger partial charge in [-0.25, -0.2) is 9.13 Å². The van der Waals surface area contributed by atoms with E-state index in [1.807, 2.05) is 0 Å². The van der Waals surface area contributed by atoms with Crippen molar-refractivity contribution in [3.05, 3.63) is 24.3 Å². The van der Waals surface area contributed by atoms with Gasteiger partial charge in [-0.1, -0.05) is 291 Å². The lowest BCUT2D eigenvalue weighted by atomic mass is 10.00. The fraction of sp³-hybridized carbons (Fsp3) is 0.890. The number of esters is 4. The number of rotatable bonds is 69. The van der Waals surface area contributed by atoms with Crippen molar-refractivity contribution >= 4 is 39.5 Å². The molecule has 0 aromatic heterocycles. The molecule has 19 heteroatoms. The molecule has 0 amide bonds. The summed E-state index contributed by atoms with van der Waals surface area (Å²) in [6.07, 6.45) is 50.9. The van der Waals surface area contributed by atoms with Gasteiger partial charge in [0.15, 0.2) is 12.2 Å². The van der Waals surface area contributed by atoms with Gasteiger partial charge in [-0.2, -0.15) is 0 Å². The van der Waals surface area contributed by atoms with Crippen LogP contribution in [0.4, 0.5) is 0 Å². The largest absolute Gasteiger partial charge is 0.472 e. The van der Waals surface area contributed by atoms with E-state index in [2.05, 4.69) is 72.8 Å². The maximum Gasteiger partial charge on any atom is 0.472 e. The summed E-state index contributed by atoms with van der Waals surface area (Å²) in [4.78, 5) is 72.6. The summed E-state index contributed by atoms with van der Waals surface area (Å²) in [5.74, 6) is 0.0639. The normalized spacial score (nSPS) is 14.6. The standard InChI is InChI=1S/C73H138O17P2/c1-8-10-11-12-13-14-15-16-17-22-25-28-33-42-49-56-72(77)89-68(60-83-70(75)54-47-40-32-27-24-21-19-18-20-23-26-30-37-44-51-64(3)4)62-87-91(79,80)85-58-67(74)59-86-92(81,82)88-63-69(90-73(78)57-50-43-34-29-31-38-45-52-65(5)6)61-84-71(76)55-48-41-36-35-39-46-53-66(7)9-2/h14-17,64-69,74H,8-13,18-63H2,1-7H3,(H,79,80)(H,81,82)/b15-14-,17-16-/t66?,67-,68-,69-/m1/s1. The number of phosphoric acid groups is 2. The zero-order valence-corrected chi connectivity index (χ0v) is 61.3. The van der Waals surface area contributed by atoms with Gasteiger partial charge in [0, 0.05) is 25.7 Å². The lowest BCUT2D eigenvalue weighted by Gasteiger charge is -2.21. The van der Waals surface area contributed by atoms with Crippen LogP contribution in [0.25, 0.3) is 0 Å². The SMILES string of the molecule is CCCCCC/C=C\C=C/CCCCCCCC(=O)O[C@H](COC(=O)CCCCCCCCCCCCCCCCC(C)C)COP(=O)(O)OC[C@@H](O)COP(=O)(O)OC[C@@H](COC(=O)CCCCCCCCC(C)CC)OC(=O)CCCCCCCCCC(C)C. The summed E-state index contributed by atoms with van der Waals surface area (Å²) in [6.45, 7) is 11.7. The predicted octanol–water partition coefficient (Wildman–Crippen LogP) is 20.6. The minimum absolute atomic E-state index is 0.0846. The summed E-state index contributed by atoms with van der Waals surface area (Å²) in [7, 11) is -9.92. The zero-order chi connectivity index (χ0) is 68.0. The molecule has 0 bridgehead atoms. The van der Waals surface area contributed by atoms with Crippen LogP contribution in [0.5, 0.6) is 0 Å². The molecule has 0 aliphatic carbocycles. The average Bonchev–Trinajstić information content (AvgIpc) is 1.60. The Morgan fingerprint density at radius 3 is 0.967 bits per heavy atom. The van der Waals surface area contributed by atoms with Crippen LogP contribution >= 0.6 is 15.6 Å². The van der Waals surface area contributed by atoms with E-state index in [4.69, 9.17) is 37.0 Å². The van der Waals surface area contributed by atoms with Gasteiger partial charge in [0.1, 0.15) is 19.3 Å². The monoisotopic (exact) mass is 1350 g/mol. The molecule has 0 heterocycles. The van der Waals surface area contributed by atoms with E-state index in [9.17, 15) is 43.2 Å². The first kappa shape index (κ1) is 89.5. The number of allylic oxidation sites excluding steroid dienone is 4. The highest BCUT2D eigenvalue weighted by molar-refractivity contribution is 7.47. The van der Waals surface area contributed by atoms with E-state index in [1.165, 1.54) is 135 Å². The van der Waals surface area contributed by atoms with E-state index >= 15 is 0 Å². The van der Waals surface area contributed by atoms with E-state index in [0.29, 0.717) is 31.6 Å². The maximum absolute atomic E-state index is 13.0. The number of carbonyl (C=O) groups is 4. The van der Waals surface area contributed by atoms with E-state index in [0.717, 1.165) is 121 Å². The number of phosphoric ester groups is 2. The summed E-state index contributed by atoms with van der Waals surface area (Å²) < 4.78 is 68.3. The Bertz CT molecular complexity index is 1900. The second-order valence-corrected chi connectivity index (χ2v) is 29.7. The average molecular weight is 1350 g/mol. The van der Waals surface area contributed by atoms with Crippen molar-refractivity contribution in [2.75, 3.05) is 39.6 Å². The van der Waals surface area contributed by atoms with Crippen LogP contribution in [0, 0.1) is 17.8 Å². The van der Waals surface area contributed by atoms with Crippen LogP contribution < -0.4 is 0 Å². The molecule has 0 aromatic rings. The number of hydrogen-bond donors (Lipinski definition) is 3. The highest BCUT2D eigenvalue weighted by Crippen LogP contribution is 2.45. The Hall–Kier alpha value is -2.46. The number of hydrogen-bond acceptors (Lipinski definition) is 15. The molecule has 0 rings (SSSR count). The third kappa shape index (κ3) is 64.9. The molecule has 0 fully saturated rings. The Kier molecular flexibility index (Phi) is 61.6. The highest BCUT2D eigenvalue weighted by Gasteiger charge is 2.30. The molecule has 0 saturated heterocycles. The molecule has 0 aliphatic rings. The first-order valence-corrected chi connectivity index (χ1v) is 40.2. The van der Waals surface area contributed by atoms with Crippen molar-refractivity contribution in [3.8, 4) is 0 Å². The summed E-state index contributed by atoms with van der Waals surface area (Å²) in [5.41, 5.74) is 0. The molecule has 0 radical (unpaired) electrons. The molecule has 542 valence electrons. The molecule has 6 atom stereocenters. The quantitative estimate of drug-likeness (QED) is 0.0169. The van der Waals surface area contributed by atoms with E-state index in [-0.39, 0.29) is 25.7 Å². The van der Waals surface area contributed by atoms with Gasteiger partial charge < -0.3 is 33.8 Å². The Morgan fingerprint density at radius 1 is 0.359 bits per heavy atom. The number of aliphatic hydroxyl groups excluding tert-OH is 1. The number of aliphatic hydroxyl groups is 1. The summed E-state index contributed by atoms with van der Waals surface area (Å²) >= 11 is 0. The molecular formula is C73H138O17P2. The number of unbranched alkanes of at least 4 members (excludes halogenated alkanes) is 33. The van der Waals surface area contributed by atoms with Crippen molar-refractivity contribution in [1.82, 2.24) is 0 Å². The third-order valence-electron chi connectivity index (χ3n) is 16.6. The van der Waals surface area contributed by atoms with Crippen molar-refractivity contribution in [1.29, 1.82) is 0 Å². The lowest BCUT2D eigenvalue weighted by Crippen LogP contribution is -2.30. The highest BCUT2D eigenvalue weighted by atomic mass is 31.2. The van der Waals surface area contributed by atoms with Crippen LogP contribution in [-0.4, -0.2) is 96.7 Å². The lowest BCUT2D eigenvalue weighted by molar-refractivity contribution is -0.161. The Labute approximate surface area is 561 Å². The predicted molar refractivity (Wildman–Crippen MR) is 372 cm³/mol. The van der Waals surface area contributed by atoms with Gasteiger partial charge in [-0.05, 0) is 69.1 Å². The molecule has 0 spiro atoms. The van der Waals surface area contributed by atoms with Gasteiger partial charge in [0.05, 0.1) is 26.4 Å². The number of carbonyl (C=O) groups excluding carboxylic acids is 4. The molecule has 0 aromatic carbocycles. The maximum atomic E-state index is 13.0. The molecule has 92 heavy (non-hydrogen) atoms. The summed E-state index contributed by atoms with van der Waals surface area (Å²) in [5, 5.41) is 10.6. The molecule has 3 N–H and O–H groups in total. The molecule has 0 saturated carbocycles. The minimum atomic E-state index is -4.96. The van der Waals surface area contributed by atoms with Gasteiger partial charge in [-0.15, -0.1) is 0 Å². The third-order valence-corrected chi connectivity index (χ3v) is 18.5. The molecule has 17 nitrogen and oxygen atoms in total. The second kappa shape index (κ2) is 63.3. The van der Waals surface area contributed by atoms with Crippen LogP contribution in [0.3, 0.4) is 0 Å². The van der Waals surface area contributed by atoms with Crippen molar-refractivity contribution in [2.45, 2.75) is 362 Å². The molecular weight excluding hydrogens is 1210 g/mol. The fourth-order valence-corrected chi connectivity index (χ4v) is 12.1. The molecule has 0 aliphatic heterocycles. The Balaban J connectivity index is 5.27. The van der Waals surface area contributed by atoms with Gasteiger partial charge >= 0.3 is 39.5 Å². The van der Waals surface area contributed by atoms with E-state index < -0.39 is 97.5 Å². The first-order valence-electron chi connectivity index (χ1n) is 37.2. The van der Waals surface area contributed by atoms with E-state index in [1.54, 1.807) is 0 Å². The van der Waals surface area contributed by atoms with Gasteiger partial charge in [-0.3, -0.25) is 37.3 Å². The van der Waals surface area contributed by atoms with Crippen LogP contribution in [0.2, 0.25) is 0 Å². The fourth-order valence-electron chi connectivity index (χ4n) is 10.5. The van der Waals surface area contributed by atoms with Crippen LogP contribution in [-0.2, 0) is 65.4 Å². The second-order valence-electron chi connectivity index (χ2n) is 26.8. The Morgan fingerprint density at radius 2 is 0.641 bits per heavy atom. The molecule has 3 unspecified atom stereocenters. The van der Waals surface area contributed by atoms with Crippen molar-refractivity contribution in [3.63, 3.8) is 0 Å². The smallest absolute Gasteiger partial charge is 0.462 e. The zero-order valence-electron chi connectivity index (χ0n) is 59.5. The van der Waals surface area contributed by atoms with Crippen LogP contribution in [0.15, 0.2) is 24.3 Å². The number of ether oxygens (including phenoxy) is 4. The van der Waals surface area contributed by atoms with Crippen LogP contribution in [0.1, 0.15) is 344 Å². The summed E-state index contributed by atoms with van der Waals surface area (Å²) in [6, 6.07) is 0. The van der Waals surface area contributed by atoms with Crippen molar-refractivity contribution < 1.29 is 80.2 Å². The van der Waals surface area contributed by atoms with Gasteiger partial charge in [0.2, 0.25) is 0 Å². The minimum Gasteiger partial charge on any atom is -0.462 e. The van der Waals surface area contributed by atoms with Crippen molar-refractivity contribution in [2.24, 2.45) is 17.8 Å².